The highest BCUT2D eigenvalue weighted by molar-refractivity contribution is 7.87. The van der Waals surface area contributed by atoms with Crippen LogP contribution in [0.25, 0.3) is 0 Å². The molecule has 17 heavy (non-hydrogen) atoms. The third-order valence-corrected chi connectivity index (χ3v) is 2.18. The molecule has 0 aliphatic heterocycles. The lowest BCUT2D eigenvalue weighted by atomic mass is 10.3. The Morgan fingerprint density at radius 1 is 0.765 bits per heavy atom. The van der Waals surface area contributed by atoms with Crippen LogP contribution in [0, 0.1) is 0 Å². The van der Waals surface area contributed by atoms with Crippen LogP contribution in [0.2, 0.25) is 0 Å². The lowest BCUT2D eigenvalue weighted by Crippen LogP contribution is -2.09. The first-order valence-electron chi connectivity index (χ1n) is 4.88. The summed E-state index contributed by atoms with van der Waals surface area (Å²) < 4.78 is 30.7. The van der Waals surface area contributed by atoms with Gasteiger partial charge in [-0.25, -0.2) is 0 Å². The summed E-state index contributed by atoms with van der Waals surface area (Å²) in [5.41, 5.74) is 0.343. The van der Waals surface area contributed by atoms with E-state index in [0.29, 0.717) is 5.69 Å². The van der Waals surface area contributed by atoms with Crippen LogP contribution in [-0.4, -0.2) is 13.0 Å². The fraction of sp³-hybridized carbons (Fsp3) is 0. The van der Waals surface area contributed by atoms with Gasteiger partial charge in [-0.3, -0.25) is 9.27 Å². The Balaban J connectivity index is 0.000000202. The Labute approximate surface area is 101 Å². The fourth-order valence-electron chi connectivity index (χ4n) is 1.04. The number of para-hydroxylation sites is 1. The van der Waals surface area contributed by atoms with Crippen molar-refractivity contribution in [2.75, 3.05) is 4.72 Å². The van der Waals surface area contributed by atoms with Crippen molar-refractivity contribution in [1.29, 1.82) is 0 Å². The molecule has 4 nitrogen and oxygen atoms in total. The summed E-state index contributed by atoms with van der Waals surface area (Å²) in [5, 5.41) is 0. The summed E-state index contributed by atoms with van der Waals surface area (Å²) in [6.45, 7) is 0. The van der Waals surface area contributed by atoms with Gasteiger partial charge in [-0.05, 0) is 12.1 Å². The largest absolute Gasteiger partial charge is 0.357 e. The lowest BCUT2D eigenvalue weighted by Gasteiger charge is -1.99. The van der Waals surface area contributed by atoms with Crippen LogP contribution >= 0.6 is 0 Å². The maximum Gasteiger partial charge on any atom is 0.357 e. The highest BCUT2D eigenvalue weighted by atomic mass is 32.2. The topological polar surface area (TPSA) is 66.4 Å². The molecule has 0 bridgehead atoms. The van der Waals surface area contributed by atoms with Crippen LogP contribution in [0.4, 0.5) is 5.69 Å². The summed E-state index contributed by atoms with van der Waals surface area (Å²) in [4.78, 5) is 0. The Kier molecular flexibility index (Phi) is 5.19. The molecule has 0 radical (unpaired) electrons. The van der Waals surface area contributed by atoms with Gasteiger partial charge in [0.2, 0.25) is 0 Å². The first-order chi connectivity index (χ1) is 8.08. The van der Waals surface area contributed by atoms with Gasteiger partial charge in [0.25, 0.3) is 0 Å². The van der Waals surface area contributed by atoms with Crippen molar-refractivity contribution < 1.29 is 13.0 Å². The number of benzene rings is 2. The van der Waals surface area contributed by atoms with E-state index in [0.717, 1.165) is 0 Å². The van der Waals surface area contributed by atoms with E-state index in [4.69, 9.17) is 4.55 Å². The van der Waals surface area contributed by atoms with Gasteiger partial charge in [-0.15, -0.1) is 0 Å². The van der Waals surface area contributed by atoms with Crippen molar-refractivity contribution in [1.82, 2.24) is 0 Å². The monoisotopic (exact) mass is 251 g/mol. The summed E-state index contributed by atoms with van der Waals surface area (Å²) in [6, 6.07) is 20.1. The number of anilines is 1. The molecule has 2 aromatic carbocycles. The first kappa shape index (κ1) is 13.2. The summed E-state index contributed by atoms with van der Waals surface area (Å²) in [6.07, 6.45) is 0. The van der Waals surface area contributed by atoms with Crippen LogP contribution in [0.5, 0.6) is 0 Å². The maximum atomic E-state index is 10.2. The molecule has 2 rings (SSSR count). The van der Waals surface area contributed by atoms with Crippen molar-refractivity contribution >= 4 is 16.0 Å². The van der Waals surface area contributed by atoms with E-state index >= 15 is 0 Å². The zero-order valence-corrected chi connectivity index (χ0v) is 9.84. The minimum Gasteiger partial charge on any atom is -0.269 e. The predicted octanol–water partition coefficient (Wildman–Crippen LogP) is 2.59. The second kappa shape index (κ2) is 6.67. The zero-order valence-electron chi connectivity index (χ0n) is 9.02. The van der Waals surface area contributed by atoms with Crippen LogP contribution in [-0.2, 0) is 10.3 Å². The molecule has 0 aliphatic carbocycles. The Hall–Kier alpha value is -1.85. The number of hydrogen-bond donors (Lipinski definition) is 2. The molecular formula is C12H13NO3S. The van der Waals surface area contributed by atoms with Gasteiger partial charge in [0, 0.05) is 0 Å². The van der Waals surface area contributed by atoms with Crippen molar-refractivity contribution in [3.8, 4) is 0 Å². The van der Waals surface area contributed by atoms with E-state index in [9.17, 15) is 8.42 Å². The maximum absolute atomic E-state index is 10.2. The molecule has 2 aromatic rings. The standard InChI is InChI=1S/C6H7NO3S.C6H6/c8-11(9,10)7-6-4-2-1-3-5-6;1-2-4-6-5-3-1/h1-5,7H,(H,8,9,10);1-6H. The average Bonchev–Trinajstić information content (AvgIpc) is 2.31. The third-order valence-electron chi connectivity index (χ3n) is 1.69. The fourth-order valence-corrected chi connectivity index (χ4v) is 1.47. The summed E-state index contributed by atoms with van der Waals surface area (Å²) in [5.74, 6) is 0. The van der Waals surface area contributed by atoms with Crippen molar-refractivity contribution in [3.63, 3.8) is 0 Å². The molecule has 0 fully saturated rings. The quantitative estimate of drug-likeness (QED) is 0.806. The molecule has 0 heterocycles. The van der Waals surface area contributed by atoms with Gasteiger partial charge in [0.15, 0.2) is 0 Å². The molecule has 90 valence electrons. The molecular weight excluding hydrogens is 238 g/mol. The van der Waals surface area contributed by atoms with E-state index in [-0.39, 0.29) is 0 Å². The Morgan fingerprint density at radius 3 is 1.47 bits per heavy atom. The van der Waals surface area contributed by atoms with Crippen molar-refractivity contribution in [2.45, 2.75) is 0 Å². The first-order valence-corrected chi connectivity index (χ1v) is 6.32. The second-order valence-corrected chi connectivity index (χ2v) is 4.25. The van der Waals surface area contributed by atoms with Gasteiger partial charge in [0.05, 0.1) is 5.69 Å². The molecule has 2 N–H and O–H groups in total. The lowest BCUT2D eigenvalue weighted by molar-refractivity contribution is 0.490. The number of hydrogen-bond acceptors (Lipinski definition) is 2. The highest BCUT2D eigenvalue weighted by Crippen LogP contribution is 2.05. The Bertz CT molecular complexity index is 485. The number of nitrogens with one attached hydrogen (secondary N) is 1. The third kappa shape index (κ3) is 7.10. The molecule has 0 unspecified atom stereocenters. The SMILES string of the molecule is O=S(=O)(O)Nc1ccccc1.c1ccccc1. The predicted molar refractivity (Wildman–Crippen MR) is 68.1 cm³/mol. The van der Waals surface area contributed by atoms with E-state index in [1.54, 1.807) is 18.2 Å². The normalized spacial score (nSPS) is 9.94. The van der Waals surface area contributed by atoms with Crippen molar-refractivity contribution in [3.05, 3.63) is 66.7 Å². The van der Waals surface area contributed by atoms with Gasteiger partial charge in [0.1, 0.15) is 0 Å². The smallest absolute Gasteiger partial charge is 0.269 e. The van der Waals surface area contributed by atoms with E-state index < -0.39 is 10.3 Å². The molecule has 0 atom stereocenters. The van der Waals surface area contributed by atoms with Crippen LogP contribution < -0.4 is 4.72 Å². The molecule has 0 aromatic heterocycles. The van der Waals surface area contributed by atoms with Crippen LogP contribution in [0.1, 0.15) is 0 Å². The molecule has 0 saturated carbocycles. The minimum absolute atomic E-state index is 0.343. The zero-order chi connectivity index (χ0) is 12.6. The van der Waals surface area contributed by atoms with Gasteiger partial charge < -0.3 is 0 Å². The van der Waals surface area contributed by atoms with E-state index in [1.807, 2.05) is 41.1 Å². The summed E-state index contributed by atoms with van der Waals surface area (Å²) >= 11 is 0. The van der Waals surface area contributed by atoms with Crippen LogP contribution in [0.3, 0.4) is 0 Å². The highest BCUT2D eigenvalue weighted by Gasteiger charge is 2.00. The van der Waals surface area contributed by atoms with Crippen molar-refractivity contribution in [2.24, 2.45) is 0 Å². The molecule has 0 saturated heterocycles. The van der Waals surface area contributed by atoms with Gasteiger partial charge in [-0.2, -0.15) is 8.42 Å². The average molecular weight is 251 g/mol. The molecule has 5 heteroatoms. The molecule has 0 aliphatic rings. The number of rotatable bonds is 2. The van der Waals surface area contributed by atoms with E-state index in [1.165, 1.54) is 12.1 Å². The Morgan fingerprint density at radius 2 is 1.12 bits per heavy atom. The summed E-state index contributed by atoms with van der Waals surface area (Å²) in [7, 11) is -4.13. The van der Waals surface area contributed by atoms with Gasteiger partial charge in [-0.1, -0.05) is 54.6 Å². The van der Waals surface area contributed by atoms with Gasteiger partial charge >= 0.3 is 10.3 Å². The molecule has 0 spiro atoms. The minimum atomic E-state index is -4.13. The van der Waals surface area contributed by atoms with Crippen LogP contribution in [0.15, 0.2) is 66.7 Å². The van der Waals surface area contributed by atoms with E-state index in [2.05, 4.69) is 0 Å². The second-order valence-electron chi connectivity index (χ2n) is 3.10. The molecule has 0 amide bonds.